The summed E-state index contributed by atoms with van der Waals surface area (Å²) in [5, 5.41) is 17.8. The van der Waals surface area contributed by atoms with Crippen LogP contribution in [0.15, 0.2) is 0 Å². The first-order valence-corrected chi connectivity index (χ1v) is 12.5. The Balaban J connectivity index is 3.00. The van der Waals surface area contributed by atoms with Crippen LogP contribution in [0.3, 0.4) is 0 Å². The number of aliphatic hydroxyl groups is 1. The Kier molecular flexibility index (Phi) is 22.3. The van der Waals surface area contributed by atoms with E-state index in [0.29, 0.717) is 6.42 Å². The van der Waals surface area contributed by atoms with Gasteiger partial charge in [-0.1, -0.05) is 122 Å². The first kappa shape index (κ1) is 27.4. The van der Waals surface area contributed by atoms with E-state index in [1.54, 1.807) is 0 Å². The van der Waals surface area contributed by atoms with E-state index in [-0.39, 0.29) is 6.10 Å². The minimum absolute atomic E-state index is 0.118. The van der Waals surface area contributed by atoms with E-state index in [4.69, 9.17) is 5.11 Å². The number of hydrogen-bond donors (Lipinski definition) is 2. The van der Waals surface area contributed by atoms with Gasteiger partial charge in [-0.2, -0.15) is 0 Å². The van der Waals surface area contributed by atoms with Crippen LogP contribution >= 0.6 is 0 Å². The summed E-state index contributed by atoms with van der Waals surface area (Å²) in [7, 11) is 0. The maximum atomic E-state index is 10.4. The highest BCUT2D eigenvalue weighted by Crippen LogP contribution is 2.15. The van der Waals surface area contributed by atoms with Gasteiger partial charge in [-0.05, 0) is 19.8 Å². The van der Waals surface area contributed by atoms with Crippen molar-refractivity contribution in [3.8, 4) is 0 Å². The van der Waals surface area contributed by atoms with Crippen molar-refractivity contribution in [1.29, 1.82) is 0 Å². The second kappa shape index (κ2) is 22.7. The predicted molar refractivity (Wildman–Crippen MR) is 121 cm³/mol. The molecule has 1 atom stereocenters. The number of aliphatic hydroxyl groups excluding tert-OH is 1. The van der Waals surface area contributed by atoms with Crippen LogP contribution in [0.5, 0.6) is 0 Å². The standard InChI is InChI=1S/C25H50O3/c1-24(26)22-20-18-16-14-12-10-8-6-4-2-3-5-7-9-11-13-15-17-19-21-23-25(27)28/h24,26H,2-23H2,1H3,(H,27,28). The third kappa shape index (κ3) is 25.4. The van der Waals surface area contributed by atoms with Crippen molar-refractivity contribution < 1.29 is 15.0 Å². The highest BCUT2D eigenvalue weighted by Gasteiger charge is 1.98. The minimum Gasteiger partial charge on any atom is -0.481 e. The average Bonchev–Trinajstić information content (AvgIpc) is 2.65. The molecule has 2 N–H and O–H groups in total. The van der Waals surface area contributed by atoms with Crippen molar-refractivity contribution in [2.45, 2.75) is 154 Å². The average molecular weight is 399 g/mol. The highest BCUT2D eigenvalue weighted by atomic mass is 16.4. The van der Waals surface area contributed by atoms with Gasteiger partial charge in [0.25, 0.3) is 0 Å². The molecule has 168 valence electrons. The lowest BCUT2D eigenvalue weighted by atomic mass is 10.0. The largest absolute Gasteiger partial charge is 0.481 e. The number of aliphatic carboxylic acids is 1. The van der Waals surface area contributed by atoms with Crippen LogP contribution in [0, 0.1) is 0 Å². The van der Waals surface area contributed by atoms with Gasteiger partial charge in [0.15, 0.2) is 0 Å². The molecule has 0 heterocycles. The molecule has 0 aliphatic heterocycles. The van der Waals surface area contributed by atoms with Gasteiger partial charge in [0.2, 0.25) is 0 Å². The molecule has 0 rings (SSSR count). The van der Waals surface area contributed by atoms with E-state index in [0.717, 1.165) is 19.3 Å². The first-order valence-electron chi connectivity index (χ1n) is 12.5. The minimum atomic E-state index is -0.656. The van der Waals surface area contributed by atoms with Gasteiger partial charge < -0.3 is 10.2 Å². The Morgan fingerprint density at radius 2 is 0.786 bits per heavy atom. The zero-order chi connectivity index (χ0) is 20.7. The van der Waals surface area contributed by atoms with Gasteiger partial charge >= 0.3 is 5.97 Å². The molecule has 3 nitrogen and oxygen atoms in total. The molecule has 0 aliphatic rings. The molecule has 0 aromatic carbocycles. The molecule has 0 fully saturated rings. The van der Waals surface area contributed by atoms with Crippen LogP contribution in [0.4, 0.5) is 0 Å². The summed E-state index contributed by atoms with van der Waals surface area (Å²) in [6.07, 6.45) is 27.6. The van der Waals surface area contributed by atoms with Crippen LogP contribution in [0.1, 0.15) is 148 Å². The van der Waals surface area contributed by atoms with Crippen molar-refractivity contribution in [2.24, 2.45) is 0 Å². The van der Waals surface area contributed by atoms with Crippen molar-refractivity contribution in [1.82, 2.24) is 0 Å². The molecule has 1 unspecified atom stereocenters. The van der Waals surface area contributed by atoms with Gasteiger partial charge in [-0.3, -0.25) is 4.79 Å². The summed E-state index contributed by atoms with van der Waals surface area (Å²) in [5.41, 5.74) is 0. The molecule has 28 heavy (non-hydrogen) atoms. The molecule has 0 bridgehead atoms. The normalized spacial score (nSPS) is 12.4. The van der Waals surface area contributed by atoms with Crippen LogP contribution in [0.2, 0.25) is 0 Å². The molecular formula is C25H50O3. The topological polar surface area (TPSA) is 57.5 Å². The molecule has 0 aromatic rings. The predicted octanol–water partition coefficient (Wildman–Crippen LogP) is 8.03. The summed E-state index contributed by atoms with van der Waals surface area (Å²) < 4.78 is 0. The van der Waals surface area contributed by atoms with E-state index in [2.05, 4.69) is 0 Å². The van der Waals surface area contributed by atoms with Gasteiger partial charge in [-0.25, -0.2) is 0 Å². The molecule has 0 saturated heterocycles. The van der Waals surface area contributed by atoms with Crippen molar-refractivity contribution in [3.05, 3.63) is 0 Å². The molecule has 0 amide bonds. The maximum Gasteiger partial charge on any atom is 0.303 e. The number of hydrogen-bond acceptors (Lipinski definition) is 2. The fourth-order valence-corrected chi connectivity index (χ4v) is 3.90. The monoisotopic (exact) mass is 398 g/mol. The molecule has 3 heteroatoms. The number of carboxylic acid groups (broad SMARTS) is 1. The van der Waals surface area contributed by atoms with E-state index in [1.165, 1.54) is 116 Å². The first-order chi connectivity index (χ1) is 13.6. The Labute approximate surface area is 175 Å². The van der Waals surface area contributed by atoms with E-state index >= 15 is 0 Å². The van der Waals surface area contributed by atoms with E-state index < -0.39 is 5.97 Å². The van der Waals surface area contributed by atoms with Gasteiger partial charge in [0.05, 0.1) is 6.10 Å². The number of rotatable bonds is 23. The summed E-state index contributed by atoms with van der Waals surface area (Å²) in [5.74, 6) is -0.656. The number of carboxylic acids is 1. The van der Waals surface area contributed by atoms with Gasteiger partial charge in [0, 0.05) is 6.42 Å². The van der Waals surface area contributed by atoms with Crippen LogP contribution in [0.25, 0.3) is 0 Å². The Bertz CT molecular complexity index is 315. The van der Waals surface area contributed by atoms with Crippen LogP contribution in [-0.2, 0) is 4.79 Å². The Morgan fingerprint density at radius 3 is 1.04 bits per heavy atom. The lowest BCUT2D eigenvalue weighted by Crippen LogP contribution is -1.98. The fraction of sp³-hybridized carbons (Fsp3) is 0.960. The third-order valence-electron chi connectivity index (χ3n) is 5.76. The smallest absolute Gasteiger partial charge is 0.303 e. The SMILES string of the molecule is CC(O)CCCCCCCCCCCCCCCCCCCCCCC(=O)O. The molecule has 0 saturated carbocycles. The Hall–Kier alpha value is -0.570. The molecule has 0 radical (unpaired) electrons. The van der Waals surface area contributed by atoms with Gasteiger partial charge in [-0.15, -0.1) is 0 Å². The quantitative estimate of drug-likeness (QED) is 0.171. The molecular weight excluding hydrogens is 348 g/mol. The van der Waals surface area contributed by atoms with Crippen molar-refractivity contribution >= 4 is 5.97 Å². The van der Waals surface area contributed by atoms with Crippen molar-refractivity contribution in [2.75, 3.05) is 0 Å². The lowest BCUT2D eigenvalue weighted by Gasteiger charge is -2.05. The summed E-state index contributed by atoms with van der Waals surface area (Å²) >= 11 is 0. The second-order valence-corrected chi connectivity index (χ2v) is 8.85. The number of unbranched alkanes of at least 4 members (excludes halogenated alkanes) is 19. The molecule has 0 aliphatic carbocycles. The maximum absolute atomic E-state index is 10.4. The fourth-order valence-electron chi connectivity index (χ4n) is 3.90. The van der Waals surface area contributed by atoms with Crippen LogP contribution in [-0.4, -0.2) is 22.3 Å². The summed E-state index contributed by atoms with van der Waals surface area (Å²) in [6.45, 7) is 1.89. The van der Waals surface area contributed by atoms with Crippen molar-refractivity contribution in [3.63, 3.8) is 0 Å². The second-order valence-electron chi connectivity index (χ2n) is 8.85. The molecule has 0 aromatic heterocycles. The highest BCUT2D eigenvalue weighted by molar-refractivity contribution is 5.66. The zero-order valence-electron chi connectivity index (χ0n) is 18.9. The van der Waals surface area contributed by atoms with E-state index in [1.807, 2.05) is 6.92 Å². The summed E-state index contributed by atoms with van der Waals surface area (Å²) in [4.78, 5) is 10.4. The number of carbonyl (C=O) groups is 1. The van der Waals surface area contributed by atoms with Gasteiger partial charge in [0.1, 0.15) is 0 Å². The molecule has 0 spiro atoms. The third-order valence-corrected chi connectivity index (χ3v) is 5.76. The van der Waals surface area contributed by atoms with Crippen LogP contribution < -0.4 is 0 Å². The van der Waals surface area contributed by atoms with E-state index in [9.17, 15) is 9.90 Å². The zero-order valence-corrected chi connectivity index (χ0v) is 18.9. The lowest BCUT2D eigenvalue weighted by molar-refractivity contribution is -0.137. The Morgan fingerprint density at radius 1 is 0.536 bits per heavy atom. The summed E-state index contributed by atoms with van der Waals surface area (Å²) in [6, 6.07) is 0.